The van der Waals surface area contributed by atoms with Crippen molar-refractivity contribution in [3.8, 4) is 0 Å². The van der Waals surface area contributed by atoms with Gasteiger partial charge in [-0.05, 0) is 31.5 Å². The first kappa shape index (κ1) is 17.3. The van der Waals surface area contributed by atoms with Crippen molar-refractivity contribution in [3.05, 3.63) is 28.3 Å². The number of ketones is 1. The summed E-state index contributed by atoms with van der Waals surface area (Å²) in [4.78, 5) is 11.8. The highest BCUT2D eigenvalue weighted by Gasteiger charge is 2.30. The van der Waals surface area contributed by atoms with E-state index in [9.17, 15) is 4.79 Å². The number of benzene rings is 1. The maximum atomic E-state index is 11.8. The molecule has 17 heavy (non-hydrogen) atoms. The van der Waals surface area contributed by atoms with Crippen LogP contribution in [-0.4, -0.2) is 10.1 Å². The van der Waals surface area contributed by atoms with Crippen LogP contribution in [0.1, 0.15) is 22.8 Å². The normalized spacial score (nSPS) is 10.5. The highest BCUT2D eigenvalue weighted by molar-refractivity contribution is 8.59. The highest BCUT2D eigenvalue weighted by Crippen LogP contribution is 2.31. The van der Waals surface area contributed by atoms with Gasteiger partial charge in [0.25, 0.3) is 0 Å². The number of hydrogen-bond donors (Lipinski definition) is 3. The fourth-order valence-electron chi connectivity index (χ4n) is 1.18. The third-order valence-electron chi connectivity index (χ3n) is 1.99. The first-order chi connectivity index (χ1) is 7.73. The van der Waals surface area contributed by atoms with Crippen LogP contribution in [0.2, 0.25) is 5.02 Å². The maximum Gasteiger partial charge on any atom is 0.200 e. The number of aryl methyl sites for hydroxylation is 1. The van der Waals surface area contributed by atoms with Gasteiger partial charge in [0.2, 0.25) is 5.78 Å². The smallest absolute Gasteiger partial charge is 0.200 e. The molecule has 0 saturated heterocycles. The van der Waals surface area contributed by atoms with E-state index in [-0.39, 0.29) is 5.56 Å². The molecule has 0 aliphatic carbocycles. The van der Waals surface area contributed by atoms with Crippen LogP contribution in [0.5, 0.6) is 0 Å². The van der Waals surface area contributed by atoms with E-state index in [2.05, 4.69) is 23.3 Å². The summed E-state index contributed by atoms with van der Waals surface area (Å²) in [5, 5.41) is 0.433. The largest absolute Gasteiger partial charge is 0.398 e. The Hall–Kier alpha value is 0.260. The third-order valence-corrected chi connectivity index (χ3v) is 2.56. The molecule has 0 unspecified atom stereocenters. The van der Waals surface area contributed by atoms with Crippen molar-refractivity contribution in [3.63, 3.8) is 0 Å². The lowest BCUT2D eigenvalue weighted by molar-refractivity contribution is 0.0979. The van der Waals surface area contributed by atoms with Crippen molar-refractivity contribution >= 4 is 69.6 Å². The van der Waals surface area contributed by atoms with Crippen LogP contribution in [0, 0.1) is 6.92 Å². The number of alkyl halides is 2. The van der Waals surface area contributed by atoms with Gasteiger partial charge in [-0.15, -0.1) is 23.3 Å². The van der Waals surface area contributed by atoms with Crippen LogP contribution in [-0.2, 0) is 0 Å². The Labute approximate surface area is 126 Å². The first-order valence-corrected chi connectivity index (χ1v) is 7.15. The zero-order valence-electron chi connectivity index (χ0n) is 9.17. The van der Waals surface area contributed by atoms with Crippen molar-refractivity contribution in [1.82, 2.24) is 0 Å². The molecule has 1 aromatic carbocycles. The van der Waals surface area contributed by atoms with Gasteiger partial charge in [-0.2, -0.15) is 0 Å². The fourth-order valence-corrected chi connectivity index (χ4v) is 1.66. The molecule has 0 bridgehead atoms. The number of hydrogen-bond acceptors (Lipinski definition) is 4. The van der Waals surface area contributed by atoms with Crippen molar-refractivity contribution in [2.24, 2.45) is 0 Å². The molecule has 0 aromatic heterocycles. The van der Waals surface area contributed by atoms with Crippen LogP contribution in [0.25, 0.3) is 0 Å². The average molecular weight is 333 g/mol. The predicted molar refractivity (Wildman–Crippen MR) is 83.0 cm³/mol. The van der Waals surface area contributed by atoms with E-state index in [4.69, 9.17) is 40.5 Å². The molecule has 0 aliphatic rings. The highest BCUT2D eigenvalue weighted by atomic mass is 35.5. The lowest BCUT2D eigenvalue weighted by atomic mass is 10.0. The molecule has 1 rings (SSSR count). The lowest BCUT2D eigenvalue weighted by Gasteiger charge is -2.15. The maximum absolute atomic E-state index is 11.8. The fraction of sp³-hybridized carbons (Fsp3) is 0.300. The monoisotopic (exact) mass is 331 g/mol. The van der Waals surface area contributed by atoms with E-state index < -0.39 is 10.1 Å². The molecule has 7 heteroatoms. The molecule has 0 radical (unpaired) electrons. The second-order valence-corrected chi connectivity index (χ2v) is 5.54. The molecule has 1 aromatic rings. The van der Waals surface area contributed by atoms with Gasteiger partial charge in [0.15, 0.2) is 4.33 Å². The Morgan fingerprint density at radius 3 is 2.24 bits per heavy atom. The van der Waals surface area contributed by atoms with Gasteiger partial charge in [0, 0.05) is 16.3 Å². The van der Waals surface area contributed by atoms with Gasteiger partial charge < -0.3 is 5.73 Å². The number of carbonyl (C=O) groups excluding carboxylic acids is 1. The molecule has 0 amide bonds. The molecular formula is C10H12Cl3NOS2. The second kappa shape index (κ2) is 7.00. The Bertz CT molecular complexity index is 419. The molecule has 2 N–H and O–H groups in total. The minimum Gasteiger partial charge on any atom is -0.398 e. The first-order valence-electron chi connectivity index (χ1n) is 4.41. The van der Waals surface area contributed by atoms with Gasteiger partial charge in [-0.1, -0.05) is 34.8 Å². The molecule has 0 heterocycles. The predicted octanol–water partition coefficient (Wildman–Crippen LogP) is 4.37. The van der Waals surface area contributed by atoms with E-state index in [0.717, 1.165) is 5.56 Å². The minimum atomic E-state index is -1.49. The number of rotatable bonds is 2. The molecule has 0 fully saturated rings. The van der Waals surface area contributed by atoms with E-state index in [1.807, 2.05) is 0 Å². The van der Waals surface area contributed by atoms with Crippen molar-refractivity contribution < 1.29 is 4.79 Å². The van der Waals surface area contributed by atoms with Crippen LogP contribution in [0.3, 0.4) is 0 Å². The van der Waals surface area contributed by atoms with Gasteiger partial charge in [0.1, 0.15) is 0 Å². The second-order valence-electron chi connectivity index (χ2n) is 3.40. The summed E-state index contributed by atoms with van der Waals surface area (Å²) < 4.78 is -1.49. The number of Topliss-reactive ketones (excluding diaryl/α,β-unsaturated/α-hetero) is 1. The molecule has 2 nitrogen and oxygen atoms in total. The van der Waals surface area contributed by atoms with Crippen LogP contribution in [0.4, 0.5) is 5.69 Å². The summed E-state index contributed by atoms with van der Waals surface area (Å²) in [5.74, 6) is -0.450. The number of carbonyl (C=O) groups is 1. The van der Waals surface area contributed by atoms with Gasteiger partial charge in [-0.3, -0.25) is 4.79 Å². The summed E-state index contributed by atoms with van der Waals surface area (Å²) in [6.07, 6.45) is 0. The zero-order chi connectivity index (χ0) is 13.8. The molecule has 96 valence electrons. The number of nitrogen functional groups attached to an aromatic ring is 1. The zero-order valence-corrected chi connectivity index (χ0v) is 13.2. The van der Waals surface area contributed by atoms with Crippen LogP contribution < -0.4 is 5.73 Å². The van der Waals surface area contributed by atoms with E-state index >= 15 is 0 Å². The van der Waals surface area contributed by atoms with Crippen LogP contribution in [0.15, 0.2) is 12.1 Å². The van der Waals surface area contributed by atoms with Gasteiger partial charge in [0.05, 0.1) is 0 Å². The van der Waals surface area contributed by atoms with E-state index in [1.165, 1.54) is 13.0 Å². The summed E-state index contributed by atoms with van der Waals surface area (Å²) >= 11 is 23.7. The van der Waals surface area contributed by atoms with E-state index in [1.54, 1.807) is 13.0 Å². The molecule has 0 atom stereocenters. The summed E-state index contributed by atoms with van der Waals surface area (Å²) in [6, 6.07) is 3.14. The Morgan fingerprint density at radius 2 is 1.82 bits per heavy atom. The van der Waals surface area contributed by atoms with Gasteiger partial charge >= 0.3 is 0 Å². The van der Waals surface area contributed by atoms with Crippen molar-refractivity contribution in [2.75, 3.05) is 5.73 Å². The molecule has 0 aliphatic heterocycles. The van der Waals surface area contributed by atoms with Crippen LogP contribution >= 0.6 is 58.1 Å². The molecular weight excluding hydrogens is 321 g/mol. The summed E-state index contributed by atoms with van der Waals surface area (Å²) in [7, 11) is 0. The Morgan fingerprint density at radius 1 is 1.35 bits per heavy atom. The van der Waals surface area contributed by atoms with Gasteiger partial charge in [-0.25, -0.2) is 0 Å². The minimum absolute atomic E-state index is 0.257. The number of anilines is 1. The third kappa shape index (κ3) is 4.79. The number of nitrogens with two attached hydrogens (primary N) is 1. The Balaban J connectivity index is 0.00000121. The summed E-state index contributed by atoms with van der Waals surface area (Å²) in [5.41, 5.74) is 7.09. The molecule has 0 saturated carbocycles. The topological polar surface area (TPSA) is 43.1 Å². The van der Waals surface area contributed by atoms with Crippen molar-refractivity contribution in [2.45, 2.75) is 18.2 Å². The van der Waals surface area contributed by atoms with Crippen molar-refractivity contribution in [1.29, 1.82) is 0 Å². The Kier molecular flexibility index (Phi) is 7.11. The summed E-state index contributed by atoms with van der Waals surface area (Å²) in [6.45, 7) is 3.16. The molecule has 0 spiro atoms. The lowest BCUT2D eigenvalue weighted by Crippen LogP contribution is -2.23. The standard InChI is InChI=1S/C10H10Cl3NO.H2S2/c1-5-3-6(11)4-7(8(5)14)9(15)10(2,12)13;1-2/h3-4H,14H2,1-2H3;1-2H. The average Bonchev–Trinajstić information content (AvgIpc) is 2.24. The van der Waals surface area contributed by atoms with E-state index in [0.29, 0.717) is 10.7 Å². The SMILES string of the molecule is Cc1cc(Cl)cc(C(=O)C(C)(Cl)Cl)c1N.SS. The number of halogens is 3. The number of thiol groups is 2. The quantitative estimate of drug-likeness (QED) is 0.247.